The van der Waals surface area contributed by atoms with Crippen LogP contribution in [-0.2, 0) is 9.47 Å². The van der Waals surface area contributed by atoms with E-state index in [1.165, 1.54) is 0 Å². The number of hydrogen-bond acceptors (Lipinski definition) is 5. The maximum atomic E-state index is 13.3. The standard InChI is InChI=1S/C22H27N3O3/c1-17-4-6-18(7-5-17)22(26)25-11-14-28-20(16-24-9-12-27-13-10-24)21(25)19-3-2-8-23-15-19/h2-8,15,20-21H,9-14,16H2,1H3/t20-,21-/m0/s1. The predicted octanol–water partition coefficient (Wildman–Crippen LogP) is 2.30. The minimum Gasteiger partial charge on any atom is -0.379 e. The largest absolute Gasteiger partial charge is 0.379 e. The number of pyridine rings is 1. The van der Waals surface area contributed by atoms with Crippen molar-refractivity contribution in [3.8, 4) is 0 Å². The van der Waals surface area contributed by atoms with Crippen LogP contribution >= 0.6 is 0 Å². The number of hydrogen-bond donors (Lipinski definition) is 0. The van der Waals surface area contributed by atoms with E-state index in [1.807, 2.05) is 54.4 Å². The molecule has 3 heterocycles. The van der Waals surface area contributed by atoms with Gasteiger partial charge >= 0.3 is 0 Å². The van der Waals surface area contributed by atoms with Crippen molar-refractivity contribution in [3.05, 3.63) is 65.5 Å². The molecule has 1 amide bonds. The van der Waals surface area contributed by atoms with Gasteiger partial charge in [-0.05, 0) is 30.7 Å². The van der Waals surface area contributed by atoms with Crippen molar-refractivity contribution in [1.29, 1.82) is 0 Å². The highest BCUT2D eigenvalue weighted by molar-refractivity contribution is 5.94. The molecule has 0 aliphatic carbocycles. The van der Waals surface area contributed by atoms with Crippen LogP contribution in [0, 0.1) is 6.92 Å². The summed E-state index contributed by atoms with van der Waals surface area (Å²) in [5.74, 6) is 0.0455. The molecule has 2 saturated heterocycles. The first kappa shape index (κ1) is 19.1. The van der Waals surface area contributed by atoms with Gasteiger partial charge in [0.2, 0.25) is 0 Å². The summed E-state index contributed by atoms with van der Waals surface area (Å²) in [5, 5.41) is 0. The average Bonchev–Trinajstić information content (AvgIpc) is 2.75. The lowest BCUT2D eigenvalue weighted by Crippen LogP contribution is -2.53. The Morgan fingerprint density at radius 2 is 1.89 bits per heavy atom. The van der Waals surface area contributed by atoms with Crippen LogP contribution in [0.5, 0.6) is 0 Å². The first-order valence-corrected chi connectivity index (χ1v) is 9.91. The summed E-state index contributed by atoms with van der Waals surface area (Å²) in [6.45, 7) is 7.21. The summed E-state index contributed by atoms with van der Waals surface area (Å²) in [5.41, 5.74) is 2.87. The van der Waals surface area contributed by atoms with Crippen molar-refractivity contribution < 1.29 is 14.3 Å². The zero-order valence-corrected chi connectivity index (χ0v) is 16.3. The van der Waals surface area contributed by atoms with E-state index in [-0.39, 0.29) is 18.1 Å². The van der Waals surface area contributed by atoms with Gasteiger partial charge in [0.1, 0.15) is 0 Å². The van der Waals surface area contributed by atoms with Gasteiger partial charge in [-0.2, -0.15) is 0 Å². The predicted molar refractivity (Wildman–Crippen MR) is 106 cm³/mol. The molecule has 0 radical (unpaired) electrons. The number of ether oxygens (including phenoxy) is 2. The normalized spacial score (nSPS) is 23.5. The van der Waals surface area contributed by atoms with Gasteiger partial charge < -0.3 is 14.4 Å². The molecule has 2 aliphatic heterocycles. The van der Waals surface area contributed by atoms with E-state index in [0.717, 1.165) is 44.0 Å². The van der Waals surface area contributed by atoms with Gasteiger partial charge in [-0.25, -0.2) is 0 Å². The number of benzene rings is 1. The molecule has 0 bridgehead atoms. The van der Waals surface area contributed by atoms with Gasteiger partial charge in [0, 0.05) is 44.1 Å². The molecular weight excluding hydrogens is 354 g/mol. The summed E-state index contributed by atoms with van der Waals surface area (Å²) in [4.78, 5) is 22.0. The monoisotopic (exact) mass is 381 g/mol. The molecule has 2 aliphatic rings. The Labute approximate surface area is 166 Å². The minimum atomic E-state index is -0.154. The molecule has 0 N–H and O–H groups in total. The number of aromatic nitrogens is 1. The molecule has 1 aromatic carbocycles. The van der Waals surface area contributed by atoms with Gasteiger partial charge in [0.25, 0.3) is 5.91 Å². The second-order valence-corrected chi connectivity index (χ2v) is 7.42. The summed E-state index contributed by atoms with van der Waals surface area (Å²) in [6, 6.07) is 11.6. The Hall–Kier alpha value is -2.28. The van der Waals surface area contributed by atoms with E-state index in [9.17, 15) is 4.79 Å². The van der Waals surface area contributed by atoms with Crippen molar-refractivity contribution in [2.45, 2.75) is 19.1 Å². The average molecular weight is 381 g/mol. The molecule has 28 heavy (non-hydrogen) atoms. The number of carbonyl (C=O) groups excluding carboxylic acids is 1. The van der Waals surface area contributed by atoms with Crippen LogP contribution < -0.4 is 0 Å². The smallest absolute Gasteiger partial charge is 0.254 e. The number of carbonyl (C=O) groups is 1. The Kier molecular flexibility index (Phi) is 6.00. The van der Waals surface area contributed by atoms with Crippen molar-refractivity contribution in [3.63, 3.8) is 0 Å². The zero-order chi connectivity index (χ0) is 19.3. The van der Waals surface area contributed by atoms with E-state index < -0.39 is 0 Å². The van der Waals surface area contributed by atoms with Crippen LogP contribution in [0.15, 0.2) is 48.8 Å². The number of nitrogens with zero attached hydrogens (tertiary/aromatic N) is 3. The fourth-order valence-electron chi connectivity index (χ4n) is 3.96. The van der Waals surface area contributed by atoms with E-state index in [1.54, 1.807) is 6.20 Å². The lowest BCUT2D eigenvalue weighted by atomic mass is 9.97. The highest BCUT2D eigenvalue weighted by atomic mass is 16.5. The molecule has 0 saturated carbocycles. The Bertz CT molecular complexity index is 775. The molecule has 6 heteroatoms. The van der Waals surface area contributed by atoms with Crippen molar-refractivity contribution in [2.75, 3.05) is 46.0 Å². The van der Waals surface area contributed by atoms with Gasteiger partial charge in [0.05, 0.1) is 32.0 Å². The highest BCUT2D eigenvalue weighted by Gasteiger charge is 2.38. The number of rotatable bonds is 4. The first-order chi connectivity index (χ1) is 13.7. The summed E-state index contributed by atoms with van der Waals surface area (Å²) >= 11 is 0. The van der Waals surface area contributed by atoms with Crippen LogP contribution in [0.25, 0.3) is 0 Å². The summed E-state index contributed by atoms with van der Waals surface area (Å²) in [6.07, 6.45) is 3.52. The maximum absolute atomic E-state index is 13.3. The third-order valence-corrected chi connectivity index (χ3v) is 5.48. The van der Waals surface area contributed by atoms with Gasteiger partial charge in [-0.3, -0.25) is 14.7 Å². The summed E-state index contributed by atoms with van der Waals surface area (Å²) in [7, 11) is 0. The zero-order valence-electron chi connectivity index (χ0n) is 16.3. The minimum absolute atomic E-state index is 0.0455. The van der Waals surface area contributed by atoms with E-state index in [4.69, 9.17) is 9.47 Å². The molecule has 4 rings (SSSR count). The van der Waals surface area contributed by atoms with Gasteiger partial charge in [-0.1, -0.05) is 23.8 Å². The molecule has 0 unspecified atom stereocenters. The second-order valence-electron chi connectivity index (χ2n) is 7.42. The SMILES string of the molecule is Cc1ccc(C(=O)N2CCO[C@@H](CN3CCOCC3)[C@@H]2c2cccnc2)cc1. The van der Waals surface area contributed by atoms with Crippen LogP contribution in [0.1, 0.15) is 27.5 Å². The van der Waals surface area contributed by atoms with E-state index >= 15 is 0 Å². The molecule has 0 spiro atoms. The van der Waals surface area contributed by atoms with Crippen LogP contribution in [0.2, 0.25) is 0 Å². The third-order valence-electron chi connectivity index (χ3n) is 5.48. The van der Waals surface area contributed by atoms with Crippen molar-refractivity contribution in [1.82, 2.24) is 14.8 Å². The lowest BCUT2D eigenvalue weighted by molar-refractivity contribution is -0.0819. The molecule has 2 aromatic rings. The van der Waals surface area contributed by atoms with Crippen molar-refractivity contribution >= 4 is 5.91 Å². The lowest BCUT2D eigenvalue weighted by Gasteiger charge is -2.43. The second kappa shape index (κ2) is 8.82. The van der Waals surface area contributed by atoms with Crippen molar-refractivity contribution in [2.24, 2.45) is 0 Å². The Morgan fingerprint density at radius 1 is 1.11 bits per heavy atom. The van der Waals surface area contributed by atoms with Gasteiger partial charge in [0.15, 0.2) is 0 Å². The Morgan fingerprint density at radius 3 is 2.61 bits per heavy atom. The van der Waals surface area contributed by atoms with Crippen LogP contribution in [0.3, 0.4) is 0 Å². The Balaban J connectivity index is 1.61. The fourth-order valence-corrected chi connectivity index (χ4v) is 3.96. The molecule has 148 valence electrons. The first-order valence-electron chi connectivity index (χ1n) is 9.91. The molecule has 1 aromatic heterocycles. The van der Waals surface area contributed by atoms with E-state index in [0.29, 0.717) is 18.7 Å². The van der Waals surface area contributed by atoms with Crippen LogP contribution in [0.4, 0.5) is 0 Å². The number of morpholine rings is 2. The molecule has 2 fully saturated rings. The van der Waals surface area contributed by atoms with Crippen LogP contribution in [-0.4, -0.2) is 72.8 Å². The molecular formula is C22H27N3O3. The third kappa shape index (κ3) is 4.24. The maximum Gasteiger partial charge on any atom is 0.254 e. The number of aryl methyl sites for hydroxylation is 1. The van der Waals surface area contributed by atoms with E-state index in [2.05, 4.69) is 9.88 Å². The number of amides is 1. The highest BCUT2D eigenvalue weighted by Crippen LogP contribution is 2.31. The topological polar surface area (TPSA) is 54.9 Å². The van der Waals surface area contributed by atoms with Gasteiger partial charge in [-0.15, -0.1) is 0 Å². The molecule has 6 nitrogen and oxygen atoms in total. The quantitative estimate of drug-likeness (QED) is 0.814. The fraction of sp³-hybridized carbons (Fsp3) is 0.455. The molecule has 2 atom stereocenters. The summed E-state index contributed by atoms with van der Waals surface area (Å²) < 4.78 is 11.6.